The summed E-state index contributed by atoms with van der Waals surface area (Å²) in [6.45, 7) is 9.78. The minimum atomic E-state index is 0.179. The molecular weight excluding hydrogens is 208 g/mol. The molecule has 0 aliphatic heterocycles. The van der Waals surface area contributed by atoms with Gasteiger partial charge in [0.15, 0.2) is 0 Å². The van der Waals surface area contributed by atoms with Gasteiger partial charge in [0, 0.05) is 6.61 Å². The third kappa shape index (κ3) is 7.81. The van der Waals surface area contributed by atoms with E-state index in [0.717, 1.165) is 19.4 Å². The van der Waals surface area contributed by atoms with Crippen LogP contribution >= 0.6 is 0 Å². The third-order valence-corrected chi connectivity index (χ3v) is 3.98. The van der Waals surface area contributed by atoms with Gasteiger partial charge in [-0.05, 0) is 26.2 Å². The maximum atomic E-state index is 5.97. The summed E-state index contributed by atoms with van der Waals surface area (Å²) in [5, 5.41) is 0. The Bertz CT molecular complexity index is 150. The summed E-state index contributed by atoms with van der Waals surface area (Å²) in [6, 6.07) is 0. The SMILES string of the molecule is CCCCCCCCCC(CC)(CC)OCC. The smallest absolute Gasteiger partial charge is 0.0677 e. The van der Waals surface area contributed by atoms with Crippen LogP contribution in [0.2, 0.25) is 0 Å². The topological polar surface area (TPSA) is 9.23 Å². The zero-order valence-corrected chi connectivity index (χ0v) is 12.7. The molecule has 1 nitrogen and oxygen atoms in total. The molecule has 0 heterocycles. The summed E-state index contributed by atoms with van der Waals surface area (Å²) in [5.41, 5.74) is 0.179. The van der Waals surface area contributed by atoms with Gasteiger partial charge in [0.1, 0.15) is 0 Å². The Kier molecular flexibility index (Phi) is 11.0. The molecule has 0 N–H and O–H groups in total. The van der Waals surface area contributed by atoms with Crippen LogP contribution < -0.4 is 0 Å². The lowest BCUT2D eigenvalue weighted by Gasteiger charge is -2.31. The fourth-order valence-electron chi connectivity index (χ4n) is 2.59. The molecule has 0 rings (SSSR count). The molecule has 0 amide bonds. The van der Waals surface area contributed by atoms with Crippen molar-refractivity contribution in [3.63, 3.8) is 0 Å². The van der Waals surface area contributed by atoms with E-state index in [0.29, 0.717) is 0 Å². The predicted molar refractivity (Wildman–Crippen MR) is 77.5 cm³/mol. The molecule has 0 unspecified atom stereocenters. The van der Waals surface area contributed by atoms with Gasteiger partial charge >= 0.3 is 0 Å². The first-order chi connectivity index (χ1) is 8.24. The van der Waals surface area contributed by atoms with E-state index >= 15 is 0 Å². The van der Waals surface area contributed by atoms with E-state index in [1.54, 1.807) is 0 Å². The van der Waals surface area contributed by atoms with Crippen LogP contribution in [0.1, 0.15) is 91.9 Å². The summed E-state index contributed by atoms with van der Waals surface area (Å²) < 4.78 is 5.97. The Hall–Kier alpha value is -0.0400. The number of hydrogen-bond acceptors (Lipinski definition) is 1. The summed E-state index contributed by atoms with van der Waals surface area (Å²) in [7, 11) is 0. The first kappa shape index (κ1) is 17.0. The molecular formula is C16H34O. The van der Waals surface area contributed by atoms with Crippen LogP contribution in [-0.4, -0.2) is 12.2 Å². The van der Waals surface area contributed by atoms with E-state index in [2.05, 4.69) is 27.7 Å². The van der Waals surface area contributed by atoms with Crippen molar-refractivity contribution in [1.29, 1.82) is 0 Å². The minimum Gasteiger partial charge on any atom is -0.375 e. The lowest BCUT2D eigenvalue weighted by Crippen LogP contribution is -2.31. The van der Waals surface area contributed by atoms with E-state index in [1.165, 1.54) is 51.4 Å². The average Bonchev–Trinajstić information content (AvgIpc) is 2.36. The second-order valence-electron chi connectivity index (χ2n) is 5.19. The second-order valence-corrected chi connectivity index (χ2v) is 5.19. The van der Waals surface area contributed by atoms with Gasteiger partial charge in [0.2, 0.25) is 0 Å². The van der Waals surface area contributed by atoms with Crippen molar-refractivity contribution in [1.82, 2.24) is 0 Å². The Morgan fingerprint density at radius 1 is 0.706 bits per heavy atom. The second kappa shape index (κ2) is 11.1. The monoisotopic (exact) mass is 242 g/mol. The minimum absolute atomic E-state index is 0.179. The van der Waals surface area contributed by atoms with Crippen molar-refractivity contribution in [3.05, 3.63) is 0 Å². The van der Waals surface area contributed by atoms with Gasteiger partial charge in [-0.3, -0.25) is 0 Å². The molecule has 17 heavy (non-hydrogen) atoms. The van der Waals surface area contributed by atoms with Gasteiger partial charge in [-0.15, -0.1) is 0 Å². The maximum Gasteiger partial charge on any atom is 0.0677 e. The molecule has 0 bridgehead atoms. The number of hydrogen-bond donors (Lipinski definition) is 0. The molecule has 0 saturated carbocycles. The van der Waals surface area contributed by atoms with Crippen LogP contribution in [0, 0.1) is 0 Å². The Labute approximate surface area is 109 Å². The highest BCUT2D eigenvalue weighted by Crippen LogP contribution is 2.27. The standard InChI is InChI=1S/C16H34O/c1-5-9-10-11-12-13-14-15-16(6-2,7-3)17-8-4/h5-15H2,1-4H3. The quantitative estimate of drug-likeness (QED) is 0.397. The normalized spacial score (nSPS) is 12.0. The molecule has 0 spiro atoms. The molecule has 1 heteroatoms. The molecule has 0 radical (unpaired) electrons. The van der Waals surface area contributed by atoms with Crippen LogP contribution in [0.3, 0.4) is 0 Å². The molecule has 0 aromatic carbocycles. The van der Waals surface area contributed by atoms with Crippen molar-refractivity contribution < 1.29 is 4.74 Å². The summed E-state index contributed by atoms with van der Waals surface area (Å²) in [4.78, 5) is 0. The van der Waals surface area contributed by atoms with Crippen LogP contribution in [-0.2, 0) is 4.74 Å². The number of ether oxygens (including phenoxy) is 1. The first-order valence-electron chi connectivity index (χ1n) is 7.88. The molecule has 0 aromatic rings. The highest BCUT2D eigenvalue weighted by molar-refractivity contribution is 4.77. The van der Waals surface area contributed by atoms with E-state index < -0.39 is 0 Å². The van der Waals surface area contributed by atoms with Gasteiger partial charge in [0.25, 0.3) is 0 Å². The number of rotatable bonds is 12. The van der Waals surface area contributed by atoms with Crippen molar-refractivity contribution in [2.45, 2.75) is 97.5 Å². The average molecular weight is 242 g/mol. The van der Waals surface area contributed by atoms with Gasteiger partial charge in [-0.2, -0.15) is 0 Å². The molecule has 104 valence electrons. The summed E-state index contributed by atoms with van der Waals surface area (Å²) in [5.74, 6) is 0. The Morgan fingerprint density at radius 2 is 1.24 bits per heavy atom. The van der Waals surface area contributed by atoms with E-state index in [-0.39, 0.29) is 5.60 Å². The van der Waals surface area contributed by atoms with Crippen LogP contribution in [0.25, 0.3) is 0 Å². The van der Waals surface area contributed by atoms with E-state index in [9.17, 15) is 0 Å². The zero-order valence-electron chi connectivity index (χ0n) is 12.7. The van der Waals surface area contributed by atoms with Crippen molar-refractivity contribution >= 4 is 0 Å². The molecule has 0 aliphatic carbocycles. The lowest BCUT2D eigenvalue weighted by molar-refractivity contribution is -0.0527. The van der Waals surface area contributed by atoms with Crippen molar-refractivity contribution in [2.24, 2.45) is 0 Å². The Morgan fingerprint density at radius 3 is 1.71 bits per heavy atom. The van der Waals surface area contributed by atoms with Crippen molar-refractivity contribution in [2.75, 3.05) is 6.61 Å². The molecule has 0 aliphatic rings. The predicted octanol–water partition coefficient (Wildman–Crippen LogP) is 5.72. The maximum absolute atomic E-state index is 5.97. The van der Waals surface area contributed by atoms with Gasteiger partial charge in [-0.1, -0.05) is 65.7 Å². The Balaban J connectivity index is 3.61. The fraction of sp³-hybridized carbons (Fsp3) is 1.00. The van der Waals surface area contributed by atoms with Crippen molar-refractivity contribution in [3.8, 4) is 0 Å². The highest BCUT2D eigenvalue weighted by atomic mass is 16.5. The molecule has 0 saturated heterocycles. The van der Waals surface area contributed by atoms with Gasteiger partial charge in [0.05, 0.1) is 5.60 Å². The molecule has 0 aromatic heterocycles. The summed E-state index contributed by atoms with van der Waals surface area (Å²) in [6.07, 6.45) is 13.3. The largest absolute Gasteiger partial charge is 0.375 e. The van der Waals surface area contributed by atoms with Crippen LogP contribution in [0.15, 0.2) is 0 Å². The number of unbranched alkanes of at least 4 members (excludes halogenated alkanes) is 6. The highest BCUT2D eigenvalue weighted by Gasteiger charge is 2.25. The van der Waals surface area contributed by atoms with Crippen LogP contribution in [0.5, 0.6) is 0 Å². The van der Waals surface area contributed by atoms with E-state index in [1.807, 2.05) is 0 Å². The summed E-state index contributed by atoms with van der Waals surface area (Å²) >= 11 is 0. The van der Waals surface area contributed by atoms with E-state index in [4.69, 9.17) is 4.74 Å². The first-order valence-corrected chi connectivity index (χ1v) is 7.88. The van der Waals surface area contributed by atoms with Crippen LogP contribution in [0.4, 0.5) is 0 Å². The lowest BCUT2D eigenvalue weighted by atomic mass is 9.90. The van der Waals surface area contributed by atoms with Gasteiger partial charge in [-0.25, -0.2) is 0 Å². The zero-order chi connectivity index (χ0) is 13.0. The third-order valence-electron chi connectivity index (χ3n) is 3.98. The molecule has 0 atom stereocenters. The van der Waals surface area contributed by atoms with Gasteiger partial charge < -0.3 is 4.74 Å². The fourth-order valence-corrected chi connectivity index (χ4v) is 2.59. The molecule has 0 fully saturated rings.